The smallest absolute Gasteiger partial charge is 0.344 e. The molecule has 0 aliphatic carbocycles. The number of benzene rings is 1. The summed E-state index contributed by atoms with van der Waals surface area (Å²) in [5, 5.41) is 0. The van der Waals surface area contributed by atoms with Crippen molar-refractivity contribution in [2.24, 2.45) is 0 Å². The highest BCUT2D eigenvalue weighted by atomic mass is 19.1. The van der Waals surface area contributed by atoms with E-state index < -0.39 is 23.2 Å². The highest BCUT2D eigenvalue weighted by Gasteiger charge is 2.17. The summed E-state index contributed by atoms with van der Waals surface area (Å²) in [7, 11) is 0. The molecule has 0 saturated heterocycles. The first-order valence-corrected chi connectivity index (χ1v) is 4.39. The monoisotopic (exact) mass is 212 g/mol. The van der Waals surface area contributed by atoms with Crippen LogP contribution >= 0.6 is 0 Å². The van der Waals surface area contributed by atoms with Crippen LogP contribution in [0.25, 0.3) is 0 Å². The van der Waals surface area contributed by atoms with E-state index in [1.165, 1.54) is 6.07 Å². The second-order valence-electron chi connectivity index (χ2n) is 2.76. The molecule has 4 heteroatoms. The molecule has 0 atom stereocenters. The Hall–Kier alpha value is -1.71. The third-order valence-corrected chi connectivity index (χ3v) is 1.71. The lowest BCUT2D eigenvalue weighted by atomic mass is 10.2. The molecule has 0 amide bonds. The molecular formula is C11H10F2O2. The Bertz CT molecular complexity index is 366. The van der Waals surface area contributed by atoms with Crippen LogP contribution in [0, 0.1) is 11.6 Å². The molecule has 0 radical (unpaired) electrons. The Kier molecular flexibility index (Phi) is 3.97. The van der Waals surface area contributed by atoms with Gasteiger partial charge in [0.05, 0.1) is 0 Å². The highest BCUT2D eigenvalue weighted by Crippen LogP contribution is 2.13. The van der Waals surface area contributed by atoms with Crippen molar-refractivity contribution < 1.29 is 18.3 Å². The standard InChI is InChI=1S/C11H10F2O2/c1-2-3-7-15-11(14)10-8(12)5-4-6-9(10)13/h2-6H,7H2,1H3. The van der Waals surface area contributed by atoms with Crippen LogP contribution in [0.3, 0.4) is 0 Å². The average Bonchev–Trinajstić information content (AvgIpc) is 2.18. The Balaban J connectivity index is 2.82. The predicted molar refractivity (Wildman–Crippen MR) is 51.5 cm³/mol. The number of ether oxygens (including phenoxy) is 1. The minimum Gasteiger partial charge on any atom is -0.458 e. The van der Waals surface area contributed by atoms with Crippen LogP contribution in [0.2, 0.25) is 0 Å². The lowest BCUT2D eigenvalue weighted by Crippen LogP contribution is -2.10. The maximum Gasteiger partial charge on any atom is 0.344 e. The van der Waals surface area contributed by atoms with Crippen molar-refractivity contribution in [3.8, 4) is 0 Å². The van der Waals surface area contributed by atoms with Gasteiger partial charge in [-0.3, -0.25) is 0 Å². The van der Waals surface area contributed by atoms with E-state index in [9.17, 15) is 13.6 Å². The van der Waals surface area contributed by atoms with Gasteiger partial charge in [-0.2, -0.15) is 0 Å². The van der Waals surface area contributed by atoms with E-state index in [0.29, 0.717) is 0 Å². The fourth-order valence-electron chi connectivity index (χ4n) is 0.985. The number of esters is 1. The number of rotatable bonds is 3. The lowest BCUT2D eigenvalue weighted by Gasteiger charge is -2.03. The molecule has 0 aliphatic heterocycles. The fraction of sp³-hybridized carbons (Fsp3) is 0.182. The van der Waals surface area contributed by atoms with Crippen molar-refractivity contribution in [3.05, 3.63) is 47.5 Å². The summed E-state index contributed by atoms with van der Waals surface area (Å²) in [5.74, 6) is -2.83. The summed E-state index contributed by atoms with van der Waals surface area (Å²) in [6.45, 7) is 1.75. The summed E-state index contributed by atoms with van der Waals surface area (Å²) in [6.07, 6.45) is 3.24. The molecule has 0 N–H and O–H groups in total. The number of halogens is 2. The van der Waals surface area contributed by atoms with Gasteiger partial charge in [0.2, 0.25) is 0 Å². The summed E-state index contributed by atoms with van der Waals surface area (Å²) >= 11 is 0. The number of carbonyl (C=O) groups excluding carboxylic acids is 1. The van der Waals surface area contributed by atoms with Crippen molar-refractivity contribution in [1.82, 2.24) is 0 Å². The molecule has 0 bridgehead atoms. The number of allylic oxidation sites excluding steroid dienone is 1. The van der Waals surface area contributed by atoms with Crippen molar-refractivity contribution in [2.45, 2.75) is 6.92 Å². The van der Waals surface area contributed by atoms with Crippen LogP contribution < -0.4 is 0 Å². The molecule has 0 aliphatic rings. The first kappa shape index (κ1) is 11.4. The summed E-state index contributed by atoms with van der Waals surface area (Å²) in [4.78, 5) is 11.2. The van der Waals surface area contributed by atoms with E-state index in [2.05, 4.69) is 4.74 Å². The Morgan fingerprint density at radius 1 is 1.40 bits per heavy atom. The average molecular weight is 212 g/mol. The maximum absolute atomic E-state index is 13.1. The molecule has 0 aromatic heterocycles. The zero-order chi connectivity index (χ0) is 11.3. The Labute approximate surface area is 86.2 Å². The molecule has 80 valence electrons. The van der Waals surface area contributed by atoms with Crippen LogP contribution in [0.1, 0.15) is 17.3 Å². The topological polar surface area (TPSA) is 26.3 Å². The van der Waals surface area contributed by atoms with E-state index in [1.54, 1.807) is 19.1 Å². The minimum atomic E-state index is -0.997. The second kappa shape index (κ2) is 5.24. The Morgan fingerprint density at radius 3 is 2.53 bits per heavy atom. The predicted octanol–water partition coefficient (Wildman–Crippen LogP) is 2.70. The van der Waals surface area contributed by atoms with Gasteiger partial charge >= 0.3 is 5.97 Å². The number of hydrogen-bond acceptors (Lipinski definition) is 2. The van der Waals surface area contributed by atoms with Crippen molar-refractivity contribution in [2.75, 3.05) is 6.61 Å². The third-order valence-electron chi connectivity index (χ3n) is 1.71. The van der Waals surface area contributed by atoms with Gasteiger partial charge in [0.25, 0.3) is 0 Å². The third kappa shape index (κ3) is 2.87. The minimum absolute atomic E-state index is 0.00308. The van der Waals surface area contributed by atoms with Gasteiger partial charge in [0.15, 0.2) is 0 Å². The van der Waals surface area contributed by atoms with Gasteiger partial charge in [0, 0.05) is 0 Å². The first-order chi connectivity index (χ1) is 7.16. The quantitative estimate of drug-likeness (QED) is 0.568. The van der Waals surface area contributed by atoms with Gasteiger partial charge < -0.3 is 4.74 Å². The molecule has 0 saturated carbocycles. The van der Waals surface area contributed by atoms with Crippen LogP contribution in [0.4, 0.5) is 8.78 Å². The van der Waals surface area contributed by atoms with Gasteiger partial charge in [-0.1, -0.05) is 18.2 Å². The zero-order valence-electron chi connectivity index (χ0n) is 8.17. The zero-order valence-corrected chi connectivity index (χ0v) is 8.17. The highest BCUT2D eigenvalue weighted by molar-refractivity contribution is 5.90. The molecule has 15 heavy (non-hydrogen) atoms. The molecule has 0 fully saturated rings. The van der Waals surface area contributed by atoms with E-state index in [0.717, 1.165) is 12.1 Å². The molecular weight excluding hydrogens is 202 g/mol. The summed E-state index contributed by atoms with van der Waals surface area (Å²) in [5.41, 5.74) is -0.651. The van der Waals surface area contributed by atoms with E-state index in [-0.39, 0.29) is 6.61 Å². The molecule has 0 spiro atoms. The molecule has 0 unspecified atom stereocenters. The van der Waals surface area contributed by atoms with Gasteiger partial charge in [0.1, 0.15) is 23.8 Å². The van der Waals surface area contributed by atoms with Gasteiger partial charge in [-0.25, -0.2) is 13.6 Å². The van der Waals surface area contributed by atoms with Gasteiger partial charge in [-0.05, 0) is 19.1 Å². The number of hydrogen-bond donors (Lipinski definition) is 0. The van der Waals surface area contributed by atoms with Crippen molar-refractivity contribution in [1.29, 1.82) is 0 Å². The molecule has 1 rings (SSSR count). The Morgan fingerprint density at radius 2 is 2.00 bits per heavy atom. The largest absolute Gasteiger partial charge is 0.458 e. The fourth-order valence-corrected chi connectivity index (χ4v) is 0.985. The van der Waals surface area contributed by atoms with Crippen LogP contribution in [0.15, 0.2) is 30.4 Å². The van der Waals surface area contributed by atoms with Crippen LogP contribution in [0.5, 0.6) is 0 Å². The van der Waals surface area contributed by atoms with Crippen molar-refractivity contribution in [3.63, 3.8) is 0 Å². The molecule has 2 nitrogen and oxygen atoms in total. The summed E-state index contributed by atoms with van der Waals surface area (Å²) in [6, 6.07) is 3.21. The van der Waals surface area contributed by atoms with E-state index in [1.807, 2.05) is 0 Å². The number of carbonyl (C=O) groups is 1. The van der Waals surface area contributed by atoms with Crippen LogP contribution in [-0.4, -0.2) is 12.6 Å². The SMILES string of the molecule is CC=CCOC(=O)c1c(F)cccc1F. The summed E-state index contributed by atoms with van der Waals surface area (Å²) < 4.78 is 30.7. The van der Waals surface area contributed by atoms with Crippen LogP contribution in [-0.2, 0) is 4.74 Å². The van der Waals surface area contributed by atoms with E-state index >= 15 is 0 Å². The van der Waals surface area contributed by atoms with E-state index in [4.69, 9.17) is 0 Å². The molecule has 0 heterocycles. The first-order valence-electron chi connectivity index (χ1n) is 4.39. The van der Waals surface area contributed by atoms with Gasteiger partial charge in [-0.15, -0.1) is 0 Å². The second-order valence-corrected chi connectivity index (χ2v) is 2.76. The lowest BCUT2D eigenvalue weighted by molar-refractivity contribution is 0.0538. The molecule has 1 aromatic carbocycles. The normalized spacial score (nSPS) is 10.6. The van der Waals surface area contributed by atoms with Crippen molar-refractivity contribution >= 4 is 5.97 Å². The molecule has 1 aromatic rings. The maximum atomic E-state index is 13.1.